The summed E-state index contributed by atoms with van der Waals surface area (Å²) in [4.78, 5) is 11.9. The molecule has 0 spiro atoms. The molecule has 2 atom stereocenters. The number of thiophene rings is 1. The number of rotatable bonds is 2. The van der Waals surface area contributed by atoms with Crippen LogP contribution in [-0.4, -0.2) is 41.1 Å². The van der Waals surface area contributed by atoms with Gasteiger partial charge in [0.25, 0.3) is 0 Å². The average molecular weight is 355 g/mol. The molecule has 25 heavy (non-hydrogen) atoms. The standard InChI is InChI=1S/C18H17N3O3S/c22-14-8-21(17-13-4-6-25-18(13)20-9-19-17)5-3-12(14)11-1-2-15-16(7-11)24-10-23-15/h1-2,4,6-7,9,12,14,22H,3,5,8,10H2/t12-,14+/m0/s1. The van der Waals surface area contributed by atoms with Gasteiger partial charge in [-0.15, -0.1) is 11.3 Å². The van der Waals surface area contributed by atoms with Gasteiger partial charge in [-0.05, 0) is 35.6 Å². The fourth-order valence-electron chi connectivity index (χ4n) is 3.69. The first-order valence-corrected chi connectivity index (χ1v) is 9.18. The first-order valence-electron chi connectivity index (χ1n) is 8.30. The minimum atomic E-state index is -0.460. The van der Waals surface area contributed by atoms with Crippen LogP contribution in [0.2, 0.25) is 0 Å². The lowest BCUT2D eigenvalue weighted by Crippen LogP contribution is -2.43. The van der Waals surface area contributed by atoms with Gasteiger partial charge >= 0.3 is 0 Å². The molecule has 1 aromatic carbocycles. The fourth-order valence-corrected chi connectivity index (χ4v) is 4.41. The molecule has 1 N–H and O–H groups in total. The Kier molecular flexibility index (Phi) is 3.50. The Balaban J connectivity index is 1.39. The third-order valence-electron chi connectivity index (χ3n) is 4.95. The zero-order valence-corrected chi connectivity index (χ0v) is 14.3. The molecule has 2 aliphatic heterocycles. The molecule has 6 nitrogen and oxygen atoms in total. The number of aromatic nitrogens is 2. The van der Waals surface area contributed by atoms with Crippen molar-refractivity contribution in [2.24, 2.45) is 0 Å². The molecule has 4 heterocycles. The van der Waals surface area contributed by atoms with Crippen LogP contribution in [0.1, 0.15) is 17.9 Å². The van der Waals surface area contributed by atoms with Crippen LogP contribution in [-0.2, 0) is 0 Å². The Labute approximate surface area is 148 Å². The molecule has 0 amide bonds. The minimum Gasteiger partial charge on any atom is -0.454 e. The molecule has 0 aliphatic carbocycles. The molecule has 1 saturated heterocycles. The summed E-state index contributed by atoms with van der Waals surface area (Å²) in [5.74, 6) is 2.54. The summed E-state index contributed by atoms with van der Waals surface area (Å²) < 4.78 is 10.8. The molecule has 0 radical (unpaired) electrons. The second-order valence-corrected chi connectivity index (χ2v) is 7.25. The maximum Gasteiger partial charge on any atom is 0.231 e. The summed E-state index contributed by atoms with van der Waals surface area (Å²) in [6.07, 6.45) is 2.00. The van der Waals surface area contributed by atoms with Crippen LogP contribution in [0.4, 0.5) is 5.82 Å². The Morgan fingerprint density at radius 3 is 3.00 bits per heavy atom. The van der Waals surface area contributed by atoms with E-state index < -0.39 is 6.10 Å². The highest BCUT2D eigenvalue weighted by molar-refractivity contribution is 7.16. The highest BCUT2D eigenvalue weighted by Gasteiger charge is 2.31. The Morgan fingerprint density at radius 1 is 1.16 bits per heavy atom. The van der Waals surface area contributed by atoms with E-state index in [0.29, 0.717) is 6.54 Å². The molecule has 3 aromatic rings. The summed E-state index contributed by atoms with van der Waals surface area (Å²) in [5, 5.41) is 13.9. The van der Waals surface area contributed by atoms with Crippen molar-refractivity contribution in [1.29, 1.82) is 0 Å². The van der Waals surface area contributed by atoms with Gasteiger partial charge in [-0.3, -0.25) is 0 Å². The van der Waals surface area contributed by atoms with Crippen molar-refractivity contribution >= 4 is 27.4 Å². The molecular weight excluding hydrogens is 338 g/mol. The van der Waals surface area contributed by atoms with Crippen molar-refractivity contribution in [1.82, 2.24) is 9.97 Å². The van der Waals surface area contributed by atoms with Crippen LogP contribution in [0.25, 0.3) is 10.2 Å². The third kappa shape index (κ3) is 2.51. The van der Waals surface area contributed by atoms with Crippen LogP contribution in [0.15, 0.2) is 36.0 Å². The number of aliphatic hydroxyl groups is 1. The van der Waals surface area contributed by atoms with E-state index in [1.54, 1.807) is 17.7 Å². The highest BCUT2D eigenvalue weighted by Crippen LogP contribution is 2.38. The van der Waals surface area contributed by atoms with Gasteiger partial charge in [0, 0.05) is 19.0 Å². The van der Waals surface area contributed by atoms with Gasteiger partial charge < -0.3 is 19.5 Å². The van der Waals surface area contributed by atoms with Gasteiger partial charge in [-0.2, -0.15) is 0 Å². The van der Waals surface area contributed by atoms with Crippen molar-refractivity contribution in [2.45, 2.75) is 18.4 Å². The number of nitrogens with zero attached hydrogens (tertiary/aromatic N) is 3. The van der Waals surface area contributed by atoms with Gasteiger partial charge in [0.15, 0.2) is 11.5 Å². The maximum atomic E-state index is 10.8. The predicted molar refractivity (Wildman–Crippen MR) is 95.6 cm³/mol. The number of β-amino-alcohol motifs (C(OH)–C–C–N with tert-alkyl or cyclic N) is 1. The molecule has 5 rings (SSSR count). The molecule has 1 fully saturated rings. The lowest BCUT2D eigenvalue weighted by molar-refractivity contribution is 0.129. The molecule has 7 heteroatoms. The van der Waals surface area contributed by atoms with E-state index in [2.05, 4.69) is 14.9 Å². The number of anilines is 1. The van der Waals surface area contributed by atoms with E-state index >= 15 is 0 Å². The van der Waals surface area contributed by atoms with Gasteiger partial charge in [0.2, 0.25) is 6.79 Å². The summed E-state index contributed by atoms with van der Waals surface area (Å²) in [7, 11) is 0. The number of fused-ring (bicyclic) bond motifs is 2. The molecule has 2 aliphatic rings. The average Bonchev–Trinajstić information content (AvgIpc) is 3.29. The SMILES string of the molecule is O[C@@H]1CN(c2ncnc3sccc23)CC[C@H]1c1ccc2c(c1)OCO2. The lowest BCUT2D eigenvalue weighted by atomic mass is 9.87. The first kappa shape index (κ1) is 14.9. The number of aliphatic hydroxyl groups excluding tert-OH is 1. The van der Waals surface area contributed by atoms with Crippen molar-refractivity contribution in [2.75, 3.05) is 24.8 Å². The van der Waals surface area contributed by atoms with E-state index in [1.807, 2.05) is 29.6 Å². The summed E-state index contributed by atoms with van der Waals surface area (Å²) >= 11 is 1.61. The number of benzene rings is 1. The second kappa shape index (κ2) is 5.86. The number of hydrogen-bond acceptors (Lipinski definition) is 7. The second-order valence-electron chi connectivity index (χ2n) is 6.36. The minimum absolute atomic E-state index is 0.0885. The van der Waals surface area contributed by atoms with Crippen molar-refractivity contribution in [3.05, 3.63) is 41.5 Å². The summed E-state index contributed by atoms with van der Waals surface area (Å²) in [5.41, 5.74) is 1.10. The topological polar surface area (TPSA) is 67.7 Å². The Hall–Kier alpha value is -2.38. The van der Waals surface area contributed by atoms with Crippen molar-refractivity contribution < 1.29 is 14.6 Å². The van der Waals surface area contributed by atoms with Gasteiger partial charge in [-0.1, -0.05) is 6.07 Å². The van der Waals surface area contributed by atoms with Crippen LogP contribution < -0.4 is 14.4 Å². The highest BCUT2D eigenvalue weighted by atomic mass is 32.1. The van der Waals surface area contributed by atoms with E-state index in [1.165, 1.54) is 0 Å². The third-order valence-corrected chi connectivity index (χ3v) is 5.77. The van der Waals surface area contributed by atoms with E-state index in [4.69, 9.17) is 9.47 Å². The van der Waals surface area contributed by atoms with E-state index in [9.17, 15) is 5.11 Å². The Bertz CT molecular complexity index is 929. The molecule has 2 aromatic heterocycles. The zero-order valence-electron chi connectivity index (χ0n) is 13.5. The smallest absolute Gasteiger partial charge is 0.231 e. The van der Waals surface area contributed by atoms with Gasteiger partial charge in [0.05, 0.1) is 11.5 Å². The molecule has 0 unspecified atom stereocenters. The zero-order chi connectivity index (χ0) is 16.8. The van der Waals surface area contributed by atoms with Crippen LogP contribution in [0.3, 0.4) is 0 Å². The van der Waals surface area contributed by atoms with Crippen molar-refractivity contribution in [3.63, 3.8) is 0 Å². The van der Waals surface area contributed by atoms with Crippen LogP contribution in [0, 0.1) is 0 Å². The van der Waals surface area contributed by atoms with Crippen molar-refractivity contribution in [3.8, 4) is 11.5 Å². The van der Waals surface area contributed by atoms with E-state index in [-0.39, 0.29) is 12.7 Å². The van der Waals surface area contributed by atoms with Gasteiger partial charge in [-0.25, -0.2) is 9.97 Å². The number of piperidine rings is 1. The Morgan fingerprint density at radius 2 is 2.08 bits per heavy atom. The van der Waals surface area contributed by atoms with Crippen LogP contribution in [0.5, 0.6) is 11.5 Å². The summed E-state index contributed by atoms with van der Waals surface area (Å²) in [6, 6.07) is 7.99. The fraction of sp³-hybridized carbons (Fsp3) is 0.333. The molecule has 0 bridgehead atoms. The normalized spacial score (nSPS) is 22.5. The monoisotopic (exact) mass is 355 g/mol. The maximum absolute atomic E-state index is 10.8. The predicted octanol–water partition coefficient (Wildman–Crippen LogP) is 2.77. The molecule has 0 saturated carbocycles. The molecular formula is C18H17N3O3S. The number of ether oxygens (including phenoxy) is 2. The lowest BCUT2D eigenvalue weighted by Gasteiger charge is -2.37. The van der Waals surface area contributed by atoms with Crippen LogP contribution >= 0.6 is 11.3 Å². The van der Waals surface area contributed by atoms with E-state index in [0.717, 1.165) is 46.1 Å². The largest absolute Gasteiger partial charge is 0.454 e. The quantitative estimate of drug-likeness (QED) is 0.762. The number of hydrogen-bond donors (Lipinski definition) is 1. The molecule has 128 valence electrons. The summed E-state index contributed by atoms with van der Waals surface area (Å²) in [6.45, 7) is 1.67. The van der Waals surface area contributed by atoms with Gasteiger partial charge in [0.1, 0.15) is 17.0 Å². The first-order chi connectivity index (χ1) is 12.3.